The summed E-state index contributed by atoms with van der Waals surface area (Å²) in [6.45, 7) is 1.35. The van der Waals surface area contributed by atoms with Crippen LogP contribution in [0.1, 0.15) is 37.7 Å². The average molecular weight is 412 g/mol. The fourth-order valence-electron chi connectivity index (χ4n) is 4.85. The molecule has 1 aliphatic carbocycles. The van der Waals surface area contributed by atoms with Crippen molar-refractivity contribution in [1.82, 2.24) is 15.5 Å². The number of halogens is 3. The third kappa shape index (κ3) is 4.21. The first-order chi connectivity index (χ1) is 13.4. The van der Waals surface area contributed by atoms with Crippen LogP contribution in [0.3, 0.4) is 0 Å². The molecule has 0 radical (unpaired) electrons. The maximum atomic E-state index is 13.6. The van der Waals surface area contributed by atoms with Crippen molar-refractivity contribution in [2.24, 2.45) is 5.92 Å². The first-order valence-corrected chi connectivity index (χ1v) is 11.0. The standard InChI is InChI=1S/C21H28F3N3S/c1-27-18(13-25-12-16-11-15-9-5-6-10-17(15)26-16)28-20(21(22,23)24)19(27)14-7-3-2-4-8-14/h2-4,7-8,15-18,25-26H,5-6,9-13H2,1H3. The molecule has 1 aromatic carbocycles. The van der Waals surface area contributed by atoms with Crippen molar-refractivity contribution in [2.45, 2.75) is 55.7 Å². The summed E-state index contributed by atoms with van der Waals surface area (Å²) < 4.78 is 40.9. The molecular formula is C21H28F3N3S. The molecule has 0 aromatic heterocycles. The van der Waals surface area contributed by atoms with Gasteiger partial charge in [-0.15, -0.1) is 0 Å². The van der Waals surface area contributed by atoms with E-state index in [9.17, 15) is 13.2 Å². The van der Waals surface area contributed by atoms with Crippen LogP contribution in [0.4, 0.5) is 13.2 Å². The smallest absolute Gasteiger partial charge is 0.360 e. The third-order valence-corrected chi connectivity index (χ3v) is 7.63. The molecule has 4 rings (SSSR count). The number of nitrogens with zero attached hydrogens (tertiary/aromatic N) is 1. The van der Waals surface area contributed by atoms with Crippen LogP contribution in [0, 0.1) is 5.92 Å². The molecule has 1 saturated heterocycles. The zero-order valence-electron chi connectivity index (χ0n) is 16.1. The van der Waals surface area contributed by atoms with Gasteiger partial charge in [-0.3, -0.25) is 0 Å². The molecule has 1 saturated carbocycles. The van der Waals surface area contributed by atoms with Crippen molar-refractivity contribution >= 4 is 17.5 Å². The van der Waals surface area contributed by atoms with E-state index in [-0.39, 0.29) is 11.1 Å². The molecule has 4 unspecified atom stereocenters. The zero-order valence-corrected chi connectivity index (χ0v) is 17.0. The number of alkyl halides is 3. The maximum absolute atomic E-state index is 13.6. The van der Waals surface area contributed by atoms with E-state index in [0.29, 0.717) is 24.2 Å². The first kappa shape index (κ1) is 20.1. The molecule has 2 N–H and O–H groups in total. The van der Waals surface area contributed by atoms with Crippen LogP contribution in [0.2, 0.25) is 0 Å². The van der Waals surface area contributed by atoms with Gasteiger partial charge in [-0.1, -0.05) is 54.9 Å². The van der Waals surface area contributed by atoms with E-state index < -0.39 is 11.1 Å². The molecule has 2 heterocycles. The second-order valence-electron chi connectivity index (χ2n) is 8.13. The Labute approximate surface area is 169 Å². The van der Waals surface area contributed by atoms with Crippen LogP contribution in [0.5, 0.6) is 0 Å². The molecule has 154 valence electrons. The van der Waals surface area contributed by atoms with Crippen molar-refractivity contribution in [3.05, 3.63) is 40.8 Å². The Morgan fingerprint density at radius 2 is 1.89 bits per heavy atom. The normalized spacial score (nSPS) is 30.8. The van der Waals surface area contributed by atoms with E-state index in [4.69, 9.17) is 0 Å². The molecule has 2 aliphatic heterocycles. The zero-order chi connectivity index (χ0) is 19.7. The minimum Gasteiger partial charge on any atom is -0.360 e. The van der Waals surface area contributed by atoms with Crippen molar-refractivity contribution in [3.63, 3.8) is 0 Å². The SMILES string of the molecule is CN1C(c2ccccc2)=C(C(F)(F)F)SC1CNCC1CC2CCCCC2N1. The molecule has 2 fully saturated rings. The van der Waals surface area contributed by atoms with Gasteiger partial charge in [-0.05, 0) is 30.7 Å². The predicted octanol–water partition coefficient (Wildman–Crippen LogP) is 4.43. The van der Waals surface area contributed by atoms with E-state index in [0.717, 1.165) is 24.2 Å². The van der Waals surface area contributed by atoms with Gasteiger partial charge >= 0.3 is 6.18 Å². The van der Waals surface area contributed by atoms with Crippen molar-refractivity contribution in [3.8, 4) is 0 Å². The molecule has 7 heteroatoms. The summed E-state index contributed by atoms with van der Waals surface area (Å²) in [7, 11) is 1.77. The fourth-order valence-corrected chi connectivity index (χ4v) is 6.10. The molecule has 1 aromatic rings. The molecule has 0 amide bonds. The number of hydrogen-bond donors (Lipinski definition) is 2. The molecule has 3 nitrogen and oxygen atoms in total. The lowest BCUT2D eigenvalue weighted by molar-refractivity contribution is -0.0832. The lowest BCUT2D eigenvalue weighted by Gasteiger charge is -2.25. The predicted molar refractivity (Wildman–Crippen MR) is 109 cm³/mol. The number of hydrogen-bond acceptors (Lipinski definition) is 4. The number of benzene rings is 1. The minimum atomic E-state index is -4.33. The number of fused-ring (bicyclic) bond motifs is 1. The highest BCUT2D eigenvalue weighted by Crippen LogP contribution is 2.49. The molecule has 4 atom stereocenters. The van der Waals surface area contributed by atoms with Gasteiger partial charge < -0.3 is 15.5 Å². The summed E-state index contributed by atoms with van der Waals surface area (Å²) in [5.41, 5.74) is 0.906. The van der Waals surface area contributed by atoms with Crippen LogP contribution in [0.25, 0.3) is 5.70 Å². The Bertz CT molecular complexity index is 693. The Balaban J connectivity index is 1.36. The largest absolute Gasteiger partial charge is 0.424 e. The van der Waals surface area contributed by atoms with Crippen molar-refractivity contribution in [2.75, 3.05) is 20.1 Å². The van der Waals surface area contributed by atoms with Crippen LogP contribution in [0.15, 0.2) is 35.2 Å². The molecule has 0 spiro atoms. The first-order valence-electron chi connectivity index (χ1n) is 10.2. The van der Waals surface area contributed by atoms with Gasteiger partial charge in [0.2, 0.25) is 0 Å². The van der Waals surface area contributed by atoms with Gasteiger partial charge in [-0.2, -0.15) is 13.2 Å². The van der Waals surface area contributed by atoms with E-state index >= 15 is 0 Å². The van der Waals surface area contributed by atoms with Crippen LogP contribution < -0.4 is 10.6 Å². The summed E-state index contributed by atoms with van der Waals surface area (Å²) in [5, 5.41) is 6.90. The van der Waals surface area contributed by atoms with Gasteiger partial charge in [0.25, 0.3) is 0 Å². The summed E-state index contributed by atoms with van der Waals surface area (Å²) >= 11 is 0.929. The van der Waals surface area contributed by atoms with E-state index in [2.05, 4.69) is 10.6 Å². The summed E-state index contributed by atoms with van der Waals surface area (Å²) in [4.78, 5) is 1.29. The van der Waals surface area contributed by atoms with Gasteiger partial charge in [0.1, 0.15) is 4.91 Å². The Hall–Kier alpha value is -1.18. The van der Waals surface area contributed by atoms with E-state index in [1.165, 1.54) is 32.1 Å². The summed E-state index contributed by atoms with van der Waals surface area (Å²) in [6, 6.07) is 9.97. The minimum absolute atomic E-state index is 0.254. The van der Waals surface area contributed by atoms with E-state index in [1.54, 1.807) is 36.2 Å². The second-order valence-corrected chi connectivity index (χ2v) is 9.32. The Morgan fingerprint density at radius 3 is 2.61 bits per heavy atom. The third-order valence-electron chi connectivity index (χ3n) is 6.21. The van der Waals surface area contributed by atoms with Gasteiger partial charge in [0.15, 0.2) is 0 Å². The number of likely N-dealkylation sites (N-methyl/N-ethyl adjacent to an activating group) is 1. The highest BCUT2D eigenvalue weighted by molar-refractivity contribution is 8.04. The van der Waals surface area contributed by atoms with Crippen molar-refractivity contribution in [1.29, 1.82) is 0 Å². The monoisotopic (exact) mass is 411 g/mol. The molecule has 28 heavy (non-hydrogen) atoms. The van der Waals surface area contributed by atoms with Gasteiger partial charge in [-0.25, -0.2) is 0 Å². The van der Waals surface area contributed by atoms with Gasteiger partial charge in [0.05, 0.1) is 11.1 Å². The van der Waals surface area contributed by atoms with Crippen LogP contribution in [-0.4, -0.2) is 48.7 Å². The average Bonchev–Trinajstić information content (AvgIpc) is 3.23. The summed E-state index contributed by atoms with van der Waals surface area (Å²) in [5.74, 6) is 0.785. The fraction of sp³-hybridized carbons (Fsp3) is 0.619. The number of rotatable bonds is 5. The molecule has 0 bridgehead atoms. The molecule has 3 aliphatic rings. The highest BCUT2D eigenvalue weighted by atomic mass is 32.2. The topological polar surface area (TPSA) is 27.3 Å². The summed E-state index contributed by atoms with van der Waals surface area (Å²) in [6.07, 6.45) is 2.08. The Morgan fingerprint density at radius 1 is 1.14 bits per heavy atom. The van der Waals surface area contributed by atoms with Crippen LogP contribution >= 0.6 is 11.8 Å². The van der Waals surface area contributed by atoms with Gasteiger partial charge in [0, 0.05) is 32.2 Å². The number of thioether (sulfide) groups is 1. The number of nitrogens with one attached hydrogen (secondary N) is 2. The number of allylic oxidation sites excluding steroid dienone is 1. The highest BCUT2D eigenvalue weighted by Gasteiger charge is 2.45. The van der Waals surface area contributed by atoms with E-state index in [1.807, 2.05) is 6.07 Å². The second kappa shape index (κ2) is 8.28. The lowest BCUT2D eigenvalue weighted by Crippen LogP contribution is -2.42. The Kier molecular flexibility index (Phi) is 5.95. The molecular weight excluding hydrogens is 383 g/mol. The van der Waals surface area contributed by atoms with Crippen molar-refractivity contribution < 1.29 is 13.2 Å². The van der Waals surface area contributed by atoms with Crippen LogP contribution in [-0.2, 0) is 0 Å². The lowest BCUT2D eigenvalue weighted by atomic mass is 9.85. The quantitative estimate of drug-likeness (QED) is 0.750. The maximum Gasteiger partial charge on any atom is 0.424 e.